The minimum atomic E-state index is -0.252. The molecule has 28 heavy (non-hydrogen) atoms. The molecule has 2 N–H and O–H groups in total. The van der Waals surface area contributed by atoms with Crippen LogP contribution < -0.4 is 15.5 Å². The summed E-state index contributed by atoms with van der Waals surface area (Å²) >= 11 is 0. The van der Waals surface area contributed by atoms with Gasteiger partial charge in [0.05, 0.1) is 0 Å². The lowest BCUT2D eigenvalue weighted by Crippen LogP contribution is -2.44. The molecule has 0 amide bonds. The third kappa shape index (κ3) is 5.80. The van der Waals surface area contributed by atoms with E-state index >= 15 is 0 Å². The number of hydrogen-bond acceptors (Lipinski definition) is 4. The van der Waals surface area contributed by atoms with Crippen molar-refractivity contribution in [2.45, 2.75) is 45.6 Å². The van der Waals surface area contributed by atoms with Gasteiger partial charge in [-0.05, 0) is 70.3 Å². The van der Waals surface area contributed by atoms with E-state index in [4.69, 9.17) is 4.99 Å². The molecule has 156 valence electrons. The van der Waals surface area contributed by atoms with Crippen LogP contribution in [0.25, 0.3) is 0 Å². The summed E-state index contributed by atoms with van der Waals surface area (Å²) in [5.74, 6) is 1.87. The van der Waals surface area contributed by atoms with Crippen LogP contribution in [0.4, 0.5) is 10.2 Å². The molecule has 0 bridgehead atoms. The van der Waals surface area contributed by atoms with Crippen LogP contribution in [0.3, 0.4) is 0 Å². The Morgan fingerprint density at radius 2 is 2.07 bits per heavy atom. The van der Waals surface area contributed by atoms with Crippen molar-refractivity contribution in [2.24, 2.45) is 10.9 Å². The molecule has 1 atom stereocenters. The van der Waals surface area contributed by atoms with Crippen LogP contribution in [0.15, 0.2) is 23.3 Å². The number of hydrogen-bond donors (Lipinski definition) is 2. The van der Waals surface area contributed by atoms with Crippen molar-refractivity contribution in [3.05, 3.63) is 24.1 Å². The van der Waals surface area contributed by atoms with Gasteiger partial charge in [0, 0.05) is 38.4 Å². The van der Waals surface area contributed by atoms with E-state index < -0.39 is 0 Å². The lowest BCUT2D eigenvalue weighted by molar-refractivity contribution is 0.188. The highest BCUT2D eigenvalue weighted by Gasteiger charge is 2.26. The Balaban J connectivity index is 1.46. The maximum Gasteiger partial charge on any atom is 0.191 e. The summed E-state index contributed by atoms with van der Waals surface area (Å²) in [4.78, 5) is 13.5. The Morgan fingerprint density at radius 1 is 1.25 bits per heavy atom. The van der Waals surface area contributed by atoms with Crippen LogP contribution in [0.5, 0.6) is 0 Å². The van der Waals surface area contributed by atoms with Crippen LogP contribution >= 0.6 is 0 Å². The van der Waals surface area contributed by atoms with Gasteiger partial charge in [-0.2, -0.15) is 0 Å². The van der Waals surface area contributed by atoms with Gasteiger partial charge in [0.1, 0.15) is 0 Å². The first-order chi connectivity index (χ1) is 13.7. The largest absolute Gasteiger partial charge is 0.357 e. The first-order valence-electron chi connectivity index (χ1n) is 10.8. The zero-order valence-corrected chi connectivity index (χ0v) is 17.3. The number of aromatic nitrogens is 1. The number of nitrogens with zero attached hydrogens (tertiary/aromatic N) is 4. The highest BCUT2D eigenvalue weighted by Crippen LogP contribution is 2.21. The van der Waals surface area contributed by atoms with Crippen molar-refractivity contribution in [2.75, 3.05) is 50.7 Å². The number of guanidine groups is 1. The molecular formula is C21H35FN6. The van der Waals surface area contributed by atoms with Crippen LogP contribution in [0.1, 0.15) is 39.5 Å². The second-order valence-corrected chi connectivity index (χ2v) is 7.81. The van der Waals surface area contributed by atoms with E-state index in [0.717, 1.165) is 50.9 Å². The van der Waals surface area contributed by atoms with Gasteiger partial charge >= 0.3 is 0 Å². The molecule has 0 saturated carbocycles. The average molecular weight is 391 g/mol. The molecule has 0 aliphatic carbocycles. The number of halogens is 1. The van der Waals surface area contributed by atoms with Crippen LogP contribution in [-0.2, 0) is 0 Å². The van der Waals surface area contributed by atoms with E-state index in [1.165, 1.54) is 38.5 Å². The molecule has 2 fully saturated rings. The van der Waals surface area contributed by atoms with Crippen LogP contribution in [-0.4, -0.2) is 67.7 Å². The Kier molecular flexibility index (Phi) is 7.89. The Morgan fingerprint density at radius 3 is 2.79 bits per heavy atom. The molecule has 0 radical (unpaired) electrons. The molecule has 2 saturated heterocycles. The molecule has 2 aliphatic heterocycles. The molecule has 0 aromatic carbocycles. The average Bonchev–Trinajstić information content (AvgIpc) is 3.17. The number of likely N-dealkylation sites (tertiary alicyclic amines) is 1. The monoisotopic (exact) mass is 390 g/mol. The van der Waals surface area contributed by atoms with Gasteiger partial charge in [0.25, 0.3) is 0 Å². The quantitative estimate of drug-likeness (QED) is 0.553. The van der Waals surface area contributed by atoms with Crippen molar-refractivity contribution in [1.82, 2.24) is 20.5 Å². The van der Waals surface area contributed by atoms with E-state index in [2.05, 4.69) is 34.4 Å². The summed E-state index contributed by atoms with van der Waals surface area (Å²) in [7, 11) is 0. The lowest BCUT2D eigenvalue weighted by Gasteiger charge is -2.30. The highest BCUT2D eigenvalue weighted by molar-refractivity contribution is 5.80. The summed E-state index contributed by atoms with van der Waals surface area (Å²) in [6, 6.07) is 3.36. The number of anilines is 1. The molecule has 6 nitrogen and oxygen atoms in total. The van der Waals surface area contributed by atoms with Crippen LogP contribution in [0, 0.1) is 11.7 Å². The fraction of sp³-hybridized carbons (Fsp3) is 0.714. The number of piperidine rings is 1. The summed E-state index contributed by atoms with van der Waals surface area (Å²) in [6.45, 7) is 11.2. The van der Waals surface area contributed by atoms with Crippen molar-refractivity contribution >= 4 is 11.8 Å². The van der Waals surface area contributed by atoms with E-state index in [-0.39, 0.29) is 11.9 Å². The molecule has 1 aromatic rings. The minimum absolute atomic E-state index is 0.252. The maximum atomic E-state index is 14.0. The smallest absolute Gasteiger partial charge is 0.191 e. The number of nitrogens with one attached hydrogen (secondary N) is 2. The lowest BCUT2D eigenvalue weighted by atomic mass is 9.94. The highest BCUT2D eigenvalue weighted by atomic mass is 19.1. The van der Waals surface area contributed by atoms with Gasteiger partial charge in [-0.15, -0.1) is 0 Å². The fourth-order valence-corrected chi connectivity index (χ4v) is 4.14. The van der Waals surface area contributed by atoms with Gasteiger partial charge in [-0.3, -0.25) is 4.99 Å². The Labute approximate surface area is 168 Å². The molecule has 3 rings (SSSR count). The van der Waals surface area contributed by atoms with Crippen molar-refractivity contribution in [3.63, 3.8) is 0 Å². The predicted octanol–water partition coefficient (Wildman–Crippen LogP) is 2.48. The van der Waals surface area contributed by atoms with E-state index in [0.29, 0.717) is 5.82 Å². The normalized spacial score (nSPS) is 21.9. The predicted molar refractivity (Wildman–Crippen MR) is 113 cm³/mol. The third-order valence-corrected chi connectivity index (χ3v) is 5.87. The van der Waals surface area contributed by atoms with E-state index in [9.17, 15) is 4.39 Å². The van der Waals surface area contributed by atoms with Gasteiger partial charge in [0.2, 0.25) is 0 Å². The molecule has 1 aromatic heterocycles. The number of pyridine rings is 1. The van der Waals surface area contributed by atoms with Crippen molar-refractivity contribution in [3.8, 4) is 0 Å². The molecule has 7 heteroatoms. The van der Waals surface area contributed by atoms with Gasteiger partial charge < -0.3 is 20.4 Å². The Hall–Kier alpha value is -1.89. The summed E-state index contributed by atoms with van der Waals surface area (Å²) in [5, 5.41) is 6.88. The second-order valence-electron chi connectivity index (χ2n) is 7.81. The molecule has 3 heterocycles. The van der Waals surface area contributed by atoms with Gasteiger partial charge in [-0.25, -0.2) is 9.37 Å². The van der Waals surface area contributed by atoms with Crippen LogP contribution in [0.2, 0.25) is 0 Å². The fourth-order valence-electron chi connectivity index (χ4n) is 4.14. The minimum Gasteiger partial charge on any atom is -0.357 e. The van der Waals surface area contributed by atoms with Gasteiger partial charge in [-0.1, -0.05) is 6.92 Å². The molecular weight excluding hydrogens is 355 g/mol. The summed E-state index contributed by atoms with van der Waals surface area (Å²) in [5.41, 5.74) is 0. The third-order valence-electron chi connectivity index (χ3n) is 5.87. The second kappa shape index (κ2) is 10.6. The van der Waals surface area contributed by atoms with Crippen molar-refractivity contribution in [1.29, 1.82) is 0 Å². The zero-order valence-electron chi connectivity index (χ0n) is 17.3. The zero-order chi connectivity index (χ0) is 19.8. The number of rotatable bonds is 7. The van der Waals surface area contributed by atoms with E-state index in [1.807, 2.05) is 4.90 Å². The standard InChI is InChI=1S/C21H35FN6/c1-3-23-21(25-12-7-17-8-13-27(4-2)14-9-17)26-18-10-15-28(16-18)20-19(22)6-5-11-24-20/h5-6,11,17-18H,3-4,7-10,12-16H2,1-2H3,(H2,23,25,26). The summed E-state index contributed by atoms with van der Waals surface area (Å²) in [6.07, 6.45) is 6.34. The molecule has 0 spiro atoms. The number of aliphatic imine (C=N–C) groups is 1. The topological polar surface area (TPSA) is 55.8 Å². The Bertz CT molecular complexity index is 629. The van der Waals surface area contributed by atoms with Gasteiger partial charge in [0.15, 0.2) is 17.6 Å². The summed E-state index contributed by atoms with van der Waals surface area (Å²) < 4.78 is 14.0. The first-order valence-corrected chi connectivity index (χ1v) is 10.8. The molecule has 1 unspecified atom stereocenters. The SMILES string of the molecule is CCNC(=NCCC1CCN(CC)CC1)NC1CCN(c2ncccc2F)C1. The van der Waals surface area contributed by atoms with Crippen molar-refractivity contribution < 1.29 is 4.39 Å². The molecule has 2 aliphatic rings. The maximum absolute atomic E-state index is 14.0. The first kappa shape index (κ1) is 20.8. The van der Waals surface area contributed by atoms with E-state index in [1.54, 1.807) is 12.3 Å².